The molecule has 8 nitrogen and oxygen atoms in total. The van der Waals surface area contributed by atoms with E-state index in [1.54, 1.807) is 11.0 Å². The lowest BCUT2D eigenvalue weighted by Gasteiger charge is -2.35. The van der Waals surface area contributed by atoms with Crippen LogP contribution in [0.4, 0.5) is 0 Å². The SMILES string of the molecule is COC(=O)C1=CC2=C(C(=O)C1)N(C)C(=O)C1=NNCN12. The Kier molecular flexibility index (Phi) is 2.60. The zero-order chi connectivity index (χ0) is 14.4. The Bertz CT molecular complexity index is 631. The second kappa shape index (κ2) is 4.19. The first-order chi connectivity index (χ1) is 9.54. The fourth-order valence-corrected chi connectivity index (χ4v) is 2.44. The minimum Gasteiger partial charge on any atom is -0.466 e. The summed E-state index contributed by atoms with van der Waals surface area (Å²) >= 11 is 0. The van der Waals surface area contributed by atoms with Gasteiger partial charge in [0.2, 0.25) is 5.84 Å². The Balaban J connectivity index is 2.14. The molecule has 0 atom stereocenters. The van der Waals surface area contributed by atoms with Crippen LogP contribution in [0.3, 0.4) is 0 Å². The van der Waals surface area contributed by atoms with Crippen LogP contribution in [0.5, 0.6) is 0 Å². The van der Waals surface area contributed by atoms with Crippen LogP contribution in [0, 0.1) is 0 Å². The third kappa shape index (κ3) is 1.54. The highest BCUT2D eigenvalue weighted by Crippen LogP contribution is 2.31. The van der Waals surface area contributed by atoms with Crippen LogP contribution >= 0.6 is 0 Å². The van der Waals surface area contributed by atoms with Gasteiger partial charge in [-0.1, -0.05) is 0 Å². The molecule has 3 rings (SSSR count). The molecular formula is C12H12N4O4. The van der Waals surface area contributed by atoms with Gasteiger partial charge in [-0.15, -0.1) is 0 Å². The number of hydrogen-bond donors (Lipinski definition) is 1. The van der Waals surface area contributed by atoms with E-state index < -0.39 is 5.97 Å². The van der Waals surface area contributed by atoms with Crippen molar-refractivity contribution < 1.29 is 19.1 Å². The fraction of sp³-hybridized carbons (Fsp3) is 0.333. The van der Waals surface area contributed by atoms with Crippen molar-refractivity contribution in [1.29, 1.82) is 0 Å². The average Bonchev–Trinajstić information content (AvgIpc) is 2.92. The van der Waals surface area contributed by atoms with E-state index in [2.05, 4.69) is 15.3 Å². The normalized spacial score (nSPS) is 21.1. The zero-order valence-electron chi connectivity index (χ0n) is 11.0. The Labute approximate surface area is 114 Å². The van der Waals surface area contributed by atoms with Crippen molar-refractivity contribution in [3.63, 3.8) is 0 Å². The standard InChI is InChI=1S/C12H12N4O4/c1-15-9-7(16-5-13-14-10(16)11(15)18)3-6(4-8(9)17)12(19)20-2/h3,13H,4-5H2,1-2H3. The number of hydrazone groups is 1. The van der Waals surface area contributed by atoms with E-state index in [-0.39, 0.29) is 41.9 Å². The lowest BCUT2D eigenvalue weighted by atomic mass is 9.96. The smallest absolute Gasteiger partial charge is 0.334 e. The van der Waals surface area contributed by atoms with Crippen LogP contribution in [-0.2, 0) is 19.1 Å². The average molecular weight is 276 g/mol. The summed E-state index contributed by atoms with van der Waals surface area (Å²) in [5, 5.41) is 3.91. The summed E-state index contributed by atoms with van der Waals surface area (Å²) in [5.41, 5.74) is 3.74. The number of hydrogen-bond acceptors (Lipinski definition) is 7. The third-order valence-corrected chi connectivity index (χ3v) is 3.41. The van der Waals surface area contributed by atoms with Gasteiger partial charge in [-0.05, 0) is 6.08 Å². The monoisotopic (exact) mass is 276 g/mol. The van der Waals surface area contributed by atoms with Crippen molar-refractivity contribution in [2.45, 2.75) is 6.42 Å². The lowest BCUT2D eigenvalue weighted by Crippen LogP contribution is -2.49. The molecule has 0 radical (unpaired) electrons. The Morgan fingerprint density at radius 2 is 2.20 bits per heavy atom. The second-order valence-corrected chi connectivity index (χ2v) is 4.54. The summed E-state index contributed by atoms with van der Waals surface area (Å²) in [6.07, 6.45) is 1.50. The molecule has 20 heavy (non-hydrogen) atoms. The van der Waals surface area contributed by atoms with E-state index in [0.29, 0.717) is 5.70 Å². The number of likely N-dealkylation sites (N-methyl/N-ethyl adjacent to an activating group) is 1. The van der Waals surface area contributed by atoms with Gasteiger partial charge < -0.3 is 9.64 Å². The van der Waals surface area contributed by atoms with Crippen LogP contribution in [0.1, 0.15) is 6.42 Å². The van der Waals surface area contributed by atoms with Gasteiger partial charge in [-0.3, -0.25) is 19.9 Å². The molecule has 2 aliphatic heterocycles. The predicted molar refractivity (Wildman–Crippen MR) is 66.8 cm³/mol. The Hall–Kier alpha value is -2.64. The van der Waals surface area contributed by atoms with Gasteiger partial charge in [0.15, 0.2) is 5.78 Å². The highest BCUT2D eigenvalue weighted by Gasteiger charge is 2.42. The molecule has 0 spiro atoms. The number of carbonyl (C=O) groups excluding carboxylic acids is 3. The molecule has 0 aromatic heterocycles. The third-order valence-electron chi connectivity index (χ3n) is 3.41. The number of methoxy groups -OCH3 is 1. The molecule has 0 aromatic carbocycles. The number of nitrogens with one attached hydrogen (secondary N) is 1. The summed E-state index contributed by atoms with van der Waals surface area (Å²) in [6.45, 7) is 0.284. The summed E-state index contributed by atoms with van der Waals surface area (Å²) in [4.78, 5) is 38.8. The molecule has 2 heterocycles. The van der Waals surface area contributed by atoms with E-state index in [4.69, 9.17) is 0 Å². The lowest BCUT2D eigenvalue weighted by molar-refractivity contribution is -0.137. The van der Waals surface area contributed by atoms with Crippen molar-refractivity contribution in [3.8, 4) is 0 Å². The van der Waals surface area contributed by atoms with Gasteiger partial charge in [0.05, 0.1) is 12.8 Å². The van der Waals surface area contributed by atoms with Gasteiger partial charge in [-0.2, -0.15) is 5.10 Å². The summed E-state index contributed by atoms with van der Waals surface area (Å²) in [7, 11) is 2.78. The maximum Gasteiger partial charge on any atom is 0.334 e. The van der Waals surface area contributed by atoms with Gasteiger partial charge in [0.25, 0.3) is 5.91 Å². The number of ketones is 1. The fourth-order valence-electron chi connectivity index (χ4n) is 2.44. The van der Waals surface area contributed by atoms with Crippen LogP contribution in [0.15, 0.2) is 28.1 Å². The van der Waals surface area contributed by atoms with Crippen molar-refractivity contribution >= 4 is 23.5 Å². The minimum absolute atomic E-state index is 0.0725. The minimum atomic E-state index is -0.546. The first kappa shape index (κ1) is 12.4. The molecule has 104 valence electrons. The van der Waals surface area contributed by atoms with Gasteiger partial charge in [0.1, 0.15) is 12.4 Å². The number of fused-ring (bicyclic) bond motifs is 2. The number of carbonyl (C=O) groups is 3. The summed E-state index contributed by atoms with van der Waals surface area (Å²) in [6, 6.07) is 0. The van der Waals surface area contributed by atoms with E-state index in [9.17, 15) is 14.4 Å². The highest BCUT2D eigenvalue weighted by atomic mass is 16.5. The number of nitrogens with zero attached hydrogens (tertiary/aromatic N) is 3. The maximum atomic E-state index is 12.2. The number of rotatable bonds is 1. The van der Waals surface area contributed by atoms with Crippen LogP contribution < -0.4 is 5.43 Å². The van der Waals surface area contributed by atoms with Crippen LogP contribution in [-0.4, -0.2) is 54.1 Å². The molecule has 0 bridgehead atoms. The topological polar surface area (TPSA) is 91.3 Å². The molecule has 0 saturated carbocycles. The molecule has 0 saturated heterocycles. The zero-order valence-corrected chi connectivity index (χ0v) is 11.0. The molecular weight excluding hydrogens is 264 g/mol. The van der Waals surface area contributed by atoms with E-state index in [1.165, 1.54) is 19.1 Å². The van der Waals surface area contributed by atoms with E-state index in [0.717, 1.165) is 0 Å². The second-order valence-electron chi connectivity index (χ2n) is 4.54. The number of amidine groups is 1. The Morgan fingerprint density at radius 1 is 1.45 bits per heavy atom. The van der Waals surface area contributed by atoms with Gasteiger partial charge >= 0.3 is 5.97 Å². The molecule has 1 aliphatic carbocycles. The Morgan fingerprint density at radius 3 is 2.90 bits per heavy atom. The predicted octanol–water partition coefficient (Wildman–Crippen LogP) is -1.08. The first-order valence-electron chi connectivity index (χ1n) is 5.97. The van der Waals surface area contributed by atoms with Crippen molar-refractivity contribution in [1.82, 2.24) is 15.2 Å². The molecule has 1 N–H and O–H groups in total. The number of amides is 1. The molecule has 0 fully saturated rings. The van der Waals surface area contributed by atoms with Gasteiger partial charge in [0, 0.05) is 19.0 Å². The number of Topliss-reactive ketones (excluding diaryl/α,β-unsaturated/α-hetero) is 1. The molecule has 0 aromatic rings. The van der Waals surface area contributed by atoms with Crippen LogP contribution in [0.2, 0.25) is 0 Å². The number of ether oxygens (including phenoxy) is 1. The first-order valence-corrected chi connectivity index (χ1v) is 5.97. The molecule has 3 aliphatic rings. The van der Waals surface area contributed by atoms with Crippen LogP contribution in [0.25, 0.3) is 0 Å². The highest BCUT2D eigenvalue weighted by molar-refractivity contribution is 6.40. The number of allylic oxidation sites excluding steroid dienone is 2. The quantitative estimate of drug-likeness (QED) is 0.612. The van der Waals surface area contributed by atoms with Crippen molar-refractivity contribution in [2.75, 3.05) is 20.8 Å². The largest absolute Gasteiger partial charge is 0.466 e. The van der Waals surface area contributed by atoms with E-state index in [1.807, 2.05) is 0 Å². The van der Waals surface area contributed by atoms with Crippen molar-refractivity contribution in [3.05, 3.63) is 23.0 Å². The van der Waals surface area contributed by atoms with E-state index >= 15 is 0 Å². The molecule has 1 amide bonds. The maximum absolute atomic E-state index is 12.2. The number of esters is 1. The summed E-state index contributed by atoms with van der Waals surface area (Å²) < 4.78 is 4.65. The van der Waals surface area contributed by atoms with Crippen molar-refractivity contribution in [2.24, 2.45) is 5.10 Å². The molecule has 0 unspecified atom stereocenters. The summed E-state index contributed by atoms with van der Waals surface area (Å²) in [5.74, 6) is -0.974. The molecule has 8 heteroatoms. The van der Waals surface area contributed by atoms with Gasteiger partial charge in [-0.25, -0.2) is 4.79 Å².